The molecule has 0 spiro atoms. The highest BCUT2D eigenvalue weighted by atomic mass is 16.5. The molecule has 1 aliphatic heterocycles. The number of aromatic nitrogens is 4. The van der Waals surface area contributed by atoms with Crippen molar-refractivity contribution in [2.45, 2.75) is 53.1 Å². The van der Waals surface area contributed by atoms with E-state index in [9.17, 15) is 4.79 Å². The summed E-state index contributed by atoms with van der Waals surface area (Å²) in [5.41, 5.74) is 5.20. The lowest BCUT2D eigenvalue weighted by Gasteiger charge is -2.37. The highest BCUT2D eigenvalue weighted by Crippen LogP contribution is 2.50. The second kappa shape index (κ2) is 8.29. The predicted octanol–water partition coefficient (Wildman–Crippen LogP) is 5.49. The van der Waals surface area contributed by atoms with Crippen LogP contribution in [0.1, 0.15) is 60.7 Å². The zero-order valence-corrected chi connectivity index (χ0v) is 20.9. The van der Waals surface area contributed by atoms with Crippen LogP contribution in [0, 0.1) is 19.3 Å². The van der Waals surface area contributed by atoms with Gasteiger partial charge in [0.25, 0.3) is 0 Å². The quantitative estimate of drug-likeness (QED) is 0.384. The Labute approximate surface area is 209 Å². The molecule has 1 atom stereocenters. The average Bonchev–Trinajstić information content (AvgIpc) is 3.27. The van der Waals surface area contributed by atoms with E-state index in [0.717, 1.165) is 22.4 Å². The number of hydrogen-bond acceptors (Lipinski definition) is 6. The molecule has 2 aromatic heterocycles. The van der Waals surface area contributed by atoms with Gasteiger partial charge in [-0.05, 0) is 42.0 Å². The predicted molar refractivity (Wildman–Crippen MR) is 135 cm³/mol. The third-order valence-electron chi connectivity index (χ3n) is 7.15. The molecule has 182 valence electrons. The molecule has 1 aliphatic carbocycles. The zero-order chi connectivity index (χ0) is 25.0. The number of benzene rings is 2. The van der Waals surface area contributed by atoms with E-state index < -0.39 is 0 Å². The highest BCUT2D eigenvalue weighted by molar-refractivity contribution is 6.00. The third-order valence-corrected chi connectivity index (χ3v) is 7.15. The van der Waals surface area contributed by atoms with Crippen molar-refractivity contribution >= 4 is 11.4 Å². The molecule has 0 N–H and O–H groups in total. The van der Waals surface area contributed by atoms with Gasteiger partial charge in [0.2, 0.25) is 5.88 Å². The molecule has 7 nitrogen and oxygen atoms in total. The number of carbonyl (C=O) groups excluding carboxylic acids is 1. The topological polar surface area (TPSA) is 78.6 Å². The van der Waals surface area contributed by atoms with Gasteiger partial charge >= 0.3 is 0 Å². The molecule has 0 amide bonds. The maximum Gasteiger partial charge on any atom is 0.228 e. The number of rotatable bonds is 4. The standard InChI is InChI=1S/C29H28N4O3/c1-17-9-8-12-21(18(17)2)35-15-23-31-27-26-24(19-10-6-5-7-11-19)25-20(34)13-29(3,4)14-22(25)36-28(26)30-16-33(27)32-23/h5-12,16,24H,13-15H2,1-4H3/t24-/m1/s1. The SMILES string of the molecule is Cc1cccc(OCc2nc3c4c(ncn3n2)OC2=C(C(=O)CC(C)(C)C2)[C@H]4c2ccccc2)c1C. The van der Waals surface area contributed by atoms with Crippen molar-refractivity contribution in [1.82, 2.24) is 19.6 Å². The highest BCUT2D eigenvalue weighted by Gasteiger charge is 2.43. The van der Waals surface area contributed by atoms with Crippen molar-refractivity contribution in [1.29, 1.82) is 0 Å². The molecule has 2 aromatic carbocycles. The summed E-state index contributed by atoms with van der Waals surface area (Å²) in [7, 11) is 0. The van der Waals surface area contributed by atoms with Crippen LogP contribution in [0.15, 0.2) is 66.2 Å². The van der Waals surface area contributed by atoms with Crippen LogP contribution in [0.5, 0.6) is 11.6 Å². The van der Waals surface area contributed by atoms with Crippen LogP contribution in [0.4, 0.5) is 0 Å². The van der Waals surface area contributed by atoms with Gasteiger partial charge in [-0.25, -0.2) is 14.5 Å². The van der Waals surface area contributed by atoms with Crippen molar-refractivity contribution in [3.8, 4) is 11.6 Å². The summed E-state index contributed by atoms with van der Waals surface area (Å²) in [5, 5.41) is 4.62. The van der Waals surface area contributed by atoms with Crippen LogP contribution >= 0.6 is 0 Å². The molecule has 0 unspecified atom stereocenters. The Morgan fingerprint density at radius 1 is 1.08 bits per heavy atom. The Bertz CT molecular complexity index is 1540. The van der Waals surface area contributed by atoms with E-state index in [1.807, 2.05) is 49.4 Å². The lowest BCUT2D eigenvalue weighted by atomic mass is 9.70. The molecule has 0 bridgehead atoms. The number of fused-ring (bicyclic) bond motifs is 3. The summed E-state index contributed by atoms with van der Waals surface area (Å²) in [6, 6.07) is 16.0. The van der Waals surface area contributed by atoms with Gasteiger partial charge in [-0.2, -0.15) is 0 Å². The van der Waals surface area contributed by atoms with Gasteiger partial charge in [0.15, 0.2) is 17.3 Å². The first-order chi connectivity index (χ1) is 17.3. The van der Waals surface area contributed by atoms with Crippen LogP contribution in [0.2, 0.25) is 0 Å². The van der Waals surface area contributed by atoms with E-state index in [-0.39, 0.29) is 23.7 Å². The summed E-state index contributed by atoms with van der Waals surface area (Å²) in [5.74, 6) is 2.34. The van der Waals surface area contributed by atoms with E-state index in [4.69, 9.17) is 14.5 Å². The first-order valence-corrected chi connectivity index (χ1v) is 12.2. The number of ether oxygens (including phenoxy) is 2. The monoisotopic (exact) mass is 480 g/mol. The molecule has 0 radical (unpaired) electrons. The molecule has 0 saturated carbocycles. The second-order valence-corrected chi connectivity index (χ2v) is 10.5. The summed E-state index contributed by atoms with van der Waals surface area (Å²) in [4.78, 5) is 22.9. The van der Waals surface area contributed by atoms with E-state index >= 15 is 0 Å². The minimum atomic E-state index is -0.318. The summed E-state index contributed by atoms with van der Waals surface area (Å²) < 4.78 is 14.0. The molecule has 2 aliphatic rings. The van der Waals surface area contributed by atoms with E-state index in [1.165, 1.54) is 5.56 Å². The van der Waals surface area contributed by atoms with Crippen molar-refractivity contribution in [3.05, 3.63) is 94.3 Å². The van der Waals surface area contributed by atoms with Gasteiger partial charge in [-0.15, -0.1) is 5.10 Å². The first-order valence-electron chi connectivity index (χ1n) is 12.2. The number of aryl methyl sites for hydroxylation is 1. The van der Waals surface area contributed by atoms with Crippen LogP contribution in [0.25, 0.3) is 5.65 Å². The van der Waals surface area contributed by atoms with Gasteiger partial charge < -0.3 is 9.47 Å². The molecule has 6 rings (SSSR count). The molecular formula is C29H28N4O3. The largest absolute Gasteiger partial charge is 0.485 e. The number of ketones is 1. The van der Waals surface area contributed by atoms with Crippen LogP contribution < -0.4 is 9.47 Å². The summed E-state index contributed by atoms with van der Waals surface area (Å²) in [6.45, 7) is 8.52. The van der Waals surface area contributed by atoms with E-state index in [0.29, 0.717) is 41.5 Å². The summed E-state index contributed by atoms with van der Waals surface area (Å²) in [6.07, 6.45) is 2.78. The van der Waals surface area contributed by atoms with Gasteiger partial charge in [-0.3, -0.25) is 4.79 Å². The van der Waals surface area contributed by atoms with Crippen LogP contribution in [-0.2, 0) is 11.4 Å². The number of carbonyl (C=O) groups is 1. The summed E-state index contributed by atoms with van der Waals surface area (Å²) >= 11 is 0. The minimum Gasteiger partial charge on any atom is -0.485 e. The number of allylic oxidation sites excluding steroid dienone is 2. The Morgan fingerprint density at radius 3 is 2.69 bits per heavy atom. The van der Waals surface area contributed by atoms with Gasteiger partial charge in [0.1, 0.15) is 24.4 Å². The normalized spacial score (nSPS) is 18.6. The van der Waals surface area contributed by atoms with E-state index in [1.54, 1.807) is 10.8 Å². The first kappa shape index (κ1) is 22.5. The Balaban J connectivity index is 1.45. The molecule has 7 heteroatoms. The maximum atomic E-state index is 13.5. The van der Waals surface area contributed by atoms with Gasteiger partial charge in [-0.1, -0.05) is 56.3 Å². The Hall–Kier alpha value is -4.00. The molecule has 3 heterocycles. The van der Waals surface area contributed by atoms with Crippen molar-refractivity contribution < 1.29 is 14.3 Å². The fraction of sp³-hybridized carbons (Fsp3) is 0.310. The third kappa shape index (κ3) is 3.75. The van der Waals surface area contributed by atoms with E-state index in [2.05, 4.69) is 36.9 Å². The smallest absolute Gasteiger partial charge is 0.228 e. The van der Waals surface area contributed by atoms with Crippen molar-refractivity contribution in [2.75, 3.05) is 0 Å². The number of Topliss-reactive ketones (excluding diaryl/α,β-unsaturated/α-hetero) is 1. The fourth-order valence-corrected chi connectivity index (χ4v) is 5.25. The fourth-order valence-electron chi connectivity index (χ4n) is 5.25. The lowest BCUT2D eigenvalue weighted by molar-refractivity contribution is -0.118. The minimum absolute atomic E-state index is 0.112. The molecule has 0 fully saturated rings. The molecule has 4 aromatic rings. The van der Waals surface area contributed by atoms with Crippen LogP contribution in [0.3, 0.4) is 0 Å². The lowest BCUT2D eigenvalue weighted by Crippen LogP contribution is -2.33. The Morgan fingerprint density at radius 2 is 1.89 bits per heavy atom. The van der Waals surface area contributed by atoms with Crippen molar-refractivity contribution in [2.24, 2.45) is 5.41 Å². The number of nitrogens with zero attached hydrogens (tertiary/aromatic N) is 4. The van der Waals surface area contributed by atoms with Crippen molar-refractivity contribution in [3.63, 3.8) is 0 Å². The molecule has 36 heavy (non-hydrogen) atoms. The van der Waals surface area contributed by atoms with Gasteiger partial charge in [0, 0.05) is 24.3 Å². The number of hydrogen-bond donors (Lipinski definition) is 0. The second-order valence-electron chi connectivity index (χ2n) is 10.5. The zero-order valence-electron chi connectivity index (χ0n) is 20.9. The van der Waals surface area contributed by atoms with Gasteiger partial charge in [0.05, 0.1) is 5.56 Å². The maximum absolute atomic E-state index is 13.5. The van der Waals surface area contributed by atoms with Crippen LogP contribution in [-0.4, -0.2) is 25.4 Å². The Kier molecular flexibility index (Phi) is 5.18. The average molecular weight is 481 g/mol. The molecule has 0 saturated heterocycles. The molecular weight excluding hydrogens is 452 g/mol.